The quantitative estimate of drug-likeness (QED) is 0.184. The number of aliphatic hydroxyl groups excluding tert-OH is 1. The van der Waals surface area contributed by atoms with Crippen LogP contribution in [0.15, 0.2) is 104 Å². The molecular weight excluding hydrogens is 582 g/mol. The highest BCUT2D eigenvalue weighted by atomic mass is 32.2. The summed E-state index contributed by atoms with van der Waals surface area (Å²) in [6.45, 7) is -0.128. The van der Waals surface area contributed by atoms with Gasteiger partial charge in [-0.3, -0.25) is 8.75 Å². The molecule has 228 valence electrons. The minimum Gasteiger partial charge on any atom is -0.386 e. The van der Waals surface area contributed by atoms with Crippen molar-refractivity contribution in [1.82, 2.24) is 19.5 Å². The number of hydrogen-bond donors (Lipinski definition) is 1. The van der Waals surface area contributed by atoms with Crippen LogP contribution in [0.1, 0.15) is 22.9 Å². The Morgan fingerprint density at radius 1 is 0.886 bits per heavy atom. The van der Waals surface area contributed by atoms with Gasteiger partial charge in [0.15, 0.2) is 23.2 Å². The van der Waals surface area contributed by atoms with Crippen molar-refractivity contribution in [1.29, 1.82) is 0 Å². The third-order valence-electron chi connectivity index (χ3n) is 7.64. The molecule has 44 heavy (non-hydrogen) atoms. The highest BCUT2D eigenvalue weighted by molar-refractivity contribution is 7.86. The van der Waals surface area contributed by atoms with Gasteiger partial charge in [-0.1, -0.05) is 91.0 Å². The van der Waals surface area contributed by atoms with Crippen molar-refractivity contribution in [2.24, 2.45) is 0 Å². The van der Waals surface area contributed by atoms with Gasteiger partial charge in [0.1, 0.15) is 30.2 Å². The second kappa shape index (κ2) is 12.1. The van der Waals surface area contributed by atoms with Crippen molar-refractivity contribution in [3.8, 4) is 0 Å². The predicted octanol–water partition coefficient (Wildman–Crippen LogP) is 3.50. The van der Waals surface area contributed by atoms with E-state index in [4.69, 9.17) is 13.7 Å². The maximum atomic E-state index is 12.4. The van der Waals surface area contributed by atoms with Gasteiger partial charge in [0.2, 0.25) is 0 Å². The monoisotopic (exact) mass is 615 g/mol. The van der Waals surface area contributed by atoms with Gasteiger partial charge in [-0.25, -0.2) is 15.0 Å². The zero-order valence-electron chi connectivity index (χ0n) is 24.5. The van der Waals surface area contributed by atoms with Crippen molar-refractivity contribution in [3.05, 3.63) is 120 Å². The topological polar surface area (TPSA) is 129 Å². The fourth-order valence-corrected chi connectivity index (χ4v) is 6.37. The molecule has 0 unspecified atom stereocenters. The number of aromatic nitrogens is 4. The molecule has 2 aromatic heterocycles. The van der Waals surface area contributed by atoms with Crippen molar-refractivity contribution < 1.29 is 27.2 Å². The molecule has 0 amide bonds. The number of aliphatic hydroxyl groups is 1. The number of anilines is 1. The van der Waals surface area contributed by atoms with Crippen molar-refractivity contribution >= 4 is 27.1 Å². The molecule has 4 atom stereocenters. The molecule has 0 spiro atoms. The van der Waals surface area contributed by atoms with E-state index in [1.54, 1.807) is 9.47 Å². The van der Waals surface area contributed by atoms with Crippen LogP contribution < -0.4 is 4.90 Å². The van der Waals surface area contributed by atoms with Gasteiger partial charge in [-0.2, -0.15) is 8.42 Å². The lowest BCUT2D eigenvalue weighted by Gasteiger charge is -2.37. The molecule has 0 aliphatic carbocycles. The molecule has 5 aromatic rings. The highest BCUT2D eigenvalue weighted by Gasteiger charge is 2.49. The maximum Gasteiger partial charge on any atom is 0.264 e. The molecular formula is C32H33N5O6S. The van der Waals surface area contributed by atoms with Crippen LogP contribution in [0, 0.1) is 0 Å². The first-order valence-corrected chi connectivity index (χ1v) is 15.9. The summed E-state index contributed by atoms with van der Waals surface area (Å²) >= 11 is 0. The number of ether oxygens (including phenoxy) is 2. The molecule has 0 saturated carbocycles. The molecule has 0 bridgehead atoms. The molecule has 3 aromatic carbocycles. The summed E-state index contributed by atoms with van der Waals surface area (Å²) < 4.78 is 45.1. The molecule has 1 fully saturated rings. The first kappa shape index (κ1) is 29.9. The smallest absolute Gasteiger partial charge is 0.264 e. The molecule has 1 aliphatic rings. The number of benzene rings is 3. The van der Waals surface area contributed by atoms with E-state index in [9.17, 15) is 13.5 Å². The van der Waals surface area contributed by atoms with Gasteiger partial charge in [0.05, 0.1) is 19.2 Å². The summed E-state index contributed by atoms with van der Waals surface area (Å²) in [5.41, 5.74) is 2.41. The lowest BCUT2D eigenvalue weighted by atomic mass is 9.80. The number of nitrogens with zero attached hydrogens (tertiary/aromatic N) is 5. The second-order valence-corrected chi connectivity index (χ2v) is 12.4. The SMILES string of the molecule is CN(C)c1ncnc2c1ncn2[C@@H]1O[C@H](COC(c2ccccc2)(c2ccccc2)c2ccccc2)[C@@H](OS(C)(=O)=O)[C@@H]1O. The average molecular weight is 616 g/mol. The maximum absolute atomic E-state index is 12.4. The van der Waals surface area contributed by atoms with E-state index in [2.05, 4.69) is 15.0 Å². The van der Waals surface area contributed by atoms with E-state index in [1.165, 1.54) is 12.7 Å². The second-order valence-electron chi connectivity index (χ2n) is 10.8. The lowest BCUT2D eigenvalue weighted by molar-refractivity contribution is -0.0918. The van der Waals surface area contributed by atoms with E-state index in [0.29, 0.717) is 17.0 Å². The molecule has 6 rings (SSSR count). The highest BCUT2D eigenvalue weighted by Crippen LogP contribution is 2.42. The number of fused-ring (bicyclic) bond motifs is 1. The Kier molecular flexibility index (Phi) is 8.18. The number of hydrogen-bond acceptors (Lipinski definition) is 10. The summed E-state index contributed by atoms with van der Waals surface area (Å²) in [6, 6.07) is 29.3. The summed E-state index contributed by atoms with van der Waals surface area (Å²) in [6.07, 6.45) is -0.899. The summed E-state index contributed by atoms with van der Waals surface area (Å²) in [5.74, 6) is 0.587. The zero-order valence-corrected chi connectivity index (χ0v) is 25.3. The van der Waals surface area contributed by atoms with E-state index in [-0.39, 0.29) is 6.61 Å². The Labute approximate surface area is 255 Å². The van der Waals surface area contributed by atoms with Gasteiger partial charge < -0.3 is 19.5 Å². The summed E-state index contributed by atoms with van der Waals surface area (Å²) in [4.78, 5) is 14.9. The Morgan fingerprint density at radius 3 is 1.93 bits per heavy atom. The van der Waals surface area contributed by atoms with E-state index in [0.717, 1.165) is 22.9 Å². The van der Waals surface area contributed by atoms with E-state index < -0.39 is 40.3 Å². The molecule has 3 heterocycles. The minimum absolute atomic E-state index is 0.128. The number of imidazole rings is 1. The van der Waals surface area contributed by atoms with Crippen LogP contribution >= 0.6 is 0 Å². The van der Waals surface area contributed by atoms with Gasteiger partial charge >= 0.3 is 0 Å². The van der Waals surface area contributed by atoms with Crippen molar-refractivity contribution in [2.75, 3.05) is 31.9 Å². The van der Waals surface area contributed by atoms with Crippen molar-refractivity contribution in [2.45, 2.75) is 30.1 Å². The molecule has 11 nitrogen and oxygen atoms in total. The Hall–Kier alpha value is -4.20. The van der Waals surface area contributed by atoms with Crippen molar-refractivity contribution in [3.63, 3.8) is 0 Å². The van der Waals surface area contributed by atoms with Crippen LogP contribution in [-0.4, -0.2) is 78.3 Å². The fourth-order valence-electron chi connectivity index (χ4n) is 5.73. The Morgan fingerprint density at radius 2 is 1.43 bits per heavy atom. The Bertz CT molecular complexity index is 1720. The van der Waals surface area contributed by atoms with Crippen LogP contribution in [0.25, 0.3) is 11.2 Å². The Balaban J connectivity index is 1.41. The average Bonchev–Trinajstić information content (AvgIpc) is 3.59. The van der Waals surface area contributed by atoms with Gasteiger partial charge in [0, 0.05) is 14.1 Å². The van der Waals surface area contributed by atoms with Crippen LogP contribution in [0.3, 0.4) is 0 Å². The standard InChI is InChI=1S/C32H33N5O6S/c1-36(2)29-26-30(34-20-33-29)37(21-35-26)31-27(38)28(43-44(3,39)40)25(42-31)19-41-32(22-13-7-4-8-14-22,23-15-9-5-10-16-23)24-17-11-6-12-18-24/h4-18,20-21,25,27-28,31,38H,19H2,1-3H3/t25-,27+,28-,31-/m1/s1. The summed E-state index contributed by atoms with van der Waals surface area (Å²) in [5, 5.41) is 11.5. The van der Waals surface area contributed by atoms with E-state index in [1.807, 2.05) is 105 Å². The molecule has 0 radical (unpaired) electrons. The lowest BCUT2D eigenvalue weighted by Crippen LogP contribution is -2.41. The molecule has 1 saturated heterocycles. The molecule has 1 N–H and O–H groups in total. The third-order valence-corrected chi connectivity index (χ3v) is 8.21. The van der Waals surface area contributed by atoms with Crippen LogP contribution in [-0.2, 0) is 29.4 Å². The van der Waals surface area contributed by atoms with Crippen LogP contribution in [0.5, 0.6) is 0 Å². The largest absolute Gasteiger partial charge is 0.386 e. The summed E-state index contributed by atoms with van der Waals surface area (Å²) in [7, 11) is -0.315. The zero-order chi connectivity index (χ0) is 30.9. The van der Waals surface area contributed by atoms with Gasteiger partial charge in [0.25, 0.3) is 10.1 Å². The van der Waals surface area contributed by atoms with Crippen LogP contribution in [0.2, 0.25) is 0 Å². The predicted molar refractivity (Wildman–Crippen MR) is 164 cm³/mol. The van der Waals surface area contributed by atoms with Gasteiger partial charge in [-0.15, -0.1) is 0 Å². The first-order valence-electron chi connectivity index (χ1n) is 14.1. The van der Waals surface area contributed by atoms with E-state index >= 15 is 0 Å². The first-order chi connectivity index (χ1) is 21.2. The number of rotatable bonds is 10. The normalized spacial score (nSPS) is 20.6. The third kappa shape index (κ3) is 5.58. The molecule has 12 heteroatoms. The molecule has 1 aliphatic heterocycles. The van der Waals surface area contributed by atoms with Crippen LogP contribution in [0.4, 0.5) is 5.82 Å². The van der Waals surface area contributed by atoms with Gasteiger partial charge in [-0.05, 0) is 16.7 Å². The fraction of sp³-hybridized carbons (Fsp3) is 0.281. The minimum atomic E-state index is -3.99.